The van der Waals surface area contributed by atoms with E-state index in [9.17, 15) is 4.79 Å². The first-order valence-corrected chi connectivity index (χ1v) is 6.76. The van der Waals surface area contributed by atoms with Crippen molar-refractivity contribution in [2.75, 3.05) is 6.54 Å². The molecule has 1 aliphatic heterocycles. The summed E-state index contributed by atoms with van der Waals surface area (Å²) < 4.78 is 1.25. The van der Waals surface area contributed by atoms with E-state index in [2.05, 4.69) is 58.7 Å². The normalized spacial score (nSPS) is 34.4. The van der Waals surface area contributed by atoms with Crippen LogP contribution in [0.3, 0.4) is 0 Å². The van der Waals surface area contributed by atoms with E-state index in [1.165, 1.54) is 6.08 Å². The average molecular weight is 405 g/mol. The highest BCUT2D eigenvalue weighted by Gasteiger charge is 2.31. The van der Waals surface area contributed by atoms with Gasteiger partial charge in [0.1, 0.15) is 0 Å². The van der Waals surface area contributed by atoms with Gasteiger partial charge >= 0.3 is 0 Å². The molecule has 0 radical (unpaired) electrons. The lowest BCUT2D eigenvalue weighted by molar-refractivity contribution is -0.128. The summed E-state index contributed by atoms with van der Waals surface area (Å²) in [6.07, 6.45) is 2.50. The fraction of sp³-hybridized carbons (Fsp3) is 0.667. The third kappa shape index (κ3) is 2.81. The van der Waals surface area contributed by atoms with E-state index >= 15 is 0 Å². The molecule has 13 heavy (non-hydrogen) atoms. The van der Waals surface area contributed by atoms with Crippen molar-refractivity contribution >= 4 is 51.1 Å². The molecule has 1 heterocycles. The summed E-state index contributed by atoms with van der Waals surface area (Å²) in [5.74, 6) is 0.0671. The van der Waals surface area contributed by atoms with Crippen molar-refractivity contribution in [1.29, 1.82) is 0 Å². The molecule has 0 N–H and O–H groups in total. The van der Waals surface area contributed by atoms with Gasteiger partial charge in [-0.05, 0) is 19.4 Å². The van der Waals surface area contributed by atoms with Gasteiger partial charge in [0, 0.05) is 20.4 Å². The topological polar surface area (TPSA) is 20.3 Å². The minimum Gasteiger partial charge on any atom is -0.335 e. The van der Waals surface area contributed by atoms with Crippen LogP contribution in [-0.2, 0) is 4.79 Å². The maximum Gasteiger partial charge on any atom is 0.246 e. The smallest absolute Gasteiger partial charge is 0.246 e. The number of halogens is 2. The second kappa shape index (κ2) is 4.95. The standard InChI is InChI=1S/C9H13I2NO/c1-3-9(13)12-5-8(11)7(10)4-6(12)2/h3,6-8H,1,4-5H2,2H3. The van der Waals surface area contributed by atoms with Gasteiger partial charge in [0.15, 0.2) is 0 Å². The first-order valence-electron chi connectivity index (χ1n) is 4.27. The van der Waals surface area contributed by atoms with Crippen molar-refractivity contribution in [3.63, 3.8) is 0 Å². The highest BCUT2D eigenvalue weighted by Crippen LogP contribution is 2.28. The van der Waals surface area contributed by atoms with Crippen molar-refractivity contribution in [1.82, 2.24) is 4.90 Å². The number of likely N-dealkylation sites (tertiary alicyclic amines) is 1. The Morgan fingerprint density at radius 2 is 2.15 bits per heavy atom. The van der Waals surface area contributed by atoms with Crippen LogP contribution < -0.4 is 0 Å². The van der Waals surface area contributed by atoms with Crippen LogP contribution in [0.25, 0.3) is 0 Å². The summed E-state index contributed by atoms with van der Waals surface area (Å²) in [5.41, 5.74) is 0. The van der Waals surface area contributed by atoms with E-state index in [0.717, 1.165) is 13.0 Å². The van der Waals surface area contributed by atoms with E-state index in [-0.39, 0.29) is 5.91 Å². The molecule has 0 bridgehead atoms. The number of hydrogen-bond acceptors (Lipinski definition) is 1. The maximum absolute atomic E-state index is 11.4. The number of amides is 1. The number of piperidine rings is 1. The summed E-state index contributed by atoms with van der Waals surface area (Å²) in [6, 6.07) is 0.360. The molecule has 1 fully saturated rings. The summed E-state index contributed by atoms with van der Waals surface area (Å²) in [7, 11) is 0. The van der Waals surface area contributed by atoms with Crippen molar-refractivity contribution in [2.24, 2.45) is 0 Å². The number of nitrogens with zero attached hydrogens (tertiary/aromatic N) is 1. The Morgan fingerprint density at radius 1 is 1.54 bits per heavy atom. The average Bonchev–Trinajstić information content (AvgIpc) is 2.10. The van der Waals surface area contributed by atoms with E-state index in [1.54, 1.807) is 0 Å². The summed E-state index contributed by atoms with van der Waals surface area (Å²) >= 11 is 4.89. The lowest BCUT2D eigenvalue weighted by Gasteiger charge is -2.38. The Balaban J connectivity index is 2.66. The van der Waals surface area contributed by atoms with Gasteiger partial charge < -0.3 is 4.90 Å². The molecule has 0 aliphatic carbocycles. The monoisotopic (exact) mass is 405 g/mol. The lowest BCUT2D eigenvalue weighted by Crippen LogP contribution is -2.49. The second-order valence-electron chi connectivity index (χ2n) is 3.31. The molecule has 1 rings (SSSR count). The van der Waals surface area contributed by atoms with Crippen LogP contribution in [-0.4, -0.2) is 31.2 Å². The Morgan fingerprint density at radius 3 is 2.69 bits per heavy atom. The van der Waals surface area contributed by atoms with Crippen molar-refractivity contribution in [2.45, 2.75) is 27.2 Å². The quantitative estimate of drug-likeness (QED) is 0.373. The van der Waals surface area contributed by atoms with E-state index < -0.39 is 0 Å². The predicted octanol–water partition coefficient (Wildman–Crippen LogP) is 2.40. The van der Waals surface area contributed by atoms with Gasteiger partial charge in [0.25, 0.3) is 0 Å². The third-order valence-electron chi connectivity index (χ3n) is 2.32. The van der Waals surface area contributed by atoms with Crippen LogP contribution in [0.2, 0.25) is 0 Å². The fourth-order valence-electron chi connectivity index (χ4n) is 1.51. The molecule has 74 valence electrons. The van der Waals surface area contributed by atoms with Crippen LogP contribution in [0.15, 0.2) is 12.7 Å². The first-order chi connectivity index (χ1) is 6.06. The van der Waals surface area contributed by atoms with Crippen molar-refractivity contribution in [3.05, 3.63) is 12.7 Å². The molecule has 2 nitrogen and oxygen atoms in total. The Kier molecular flexibility index (Phi) is 4.47. The van der Waals surface area contributed by atoms with Gasteiger partial charge in [0.05, 0.1) is 0 Å². The lowest BCUT2D eigenvalue weighted by atomic mass is 10.0. The van der Waals surface area contributed by atoms with Crippen LogP contribution in [0.4, 0.5) is 0 Å². The molecular formula is C9H13I2NO. The Hall–Kier alpha value is 0.670. The zero-order valence-corrected chi connectivity index (χ0v) is 11.9. The number of carbonyl (C=O) groups is 1. The minimum atomic E-state index is 0.0671. The summed E-state index contributed by atoms with van der Waals surface area (Å²) in [4.78, 5) is 13.3. The summed E-state index contributed by atoms with van der Waals surface area (Å²) in [6.45, 7) is 6.49. The van der Waals surface area contributed by atoms with E-state index in [0.29, 0.717) is 13.9 Å². The van der Waals surface area contributed by atoms with E-state index in [1.807, 2.05) is 4.90 Å². The molecule has 3 unspecified atom stereocenters. The maximum atomic E-state index is 11.4. The third-order valence-corrected chi connectivity index (χ3v) is 6.33. The SMILES string of the molecule is C=CC(=O)N1CC(I)C(I)CC1C. The van der Waals surface area contributed by atoms with E-state index in [4.69, 9.17) is 0 Å². The summed E-state index contributed by atoms with van der Waals surface area (Å²) in [5, 5.41) is 0. The van der Waals surface area contributed by atoms with Crippen molar-refractivity contribution in [3.8, 4) is 0 Å². The van der Waals surface area contributed by atoms with Gasteiger partial charge in [-0.1, -0.05) is 51.8 Å². The molecule has 1 aliphatic rings. The van der Waals surface area contributed by atoms with Crippen LogP contribution in [0.1, 0.15) is 13.3 Å². The second-order valence-corrected chi connectivity index (χ2v) is 6.51. The van der Waals surface area contributed by atoms with Crippen molar-refractivity contribution < 1.29 is 4.79 Å². The predicted molar refractivity (Wildman–Crippen MR) is 71.6 cm³/mol. The molecule has 0 aromatic carbocycles. The van der Waals surface area contributed by atoms with Gasteiger partial charge in [0.2, 0.25) is 5.91 Å². The van der Waals surface area contributed by atoms with Crippen LogP contribution in [0, 0.1) is 0 Å². The minimum absolute atomic E-state index is 0.0671. The Bertz CT molecular complexity index is 220. The molecule has 1 saturated heterocycles. The zero-order valence-electron chi connectivity index (χ0n) is 7.54. The van der Waals surface area contributed by atoms with Gasteiger partial charge in [-0.2, -0.15) is 0 Å². The van der Waals surface area contributed by atoms with Crippen LogP contribution in [0.5, 0.6) is 0 Å². The molecule has 0 aromatic heterocycles. The van der Waals surface area contributed by atoms with Gasteiger partial charge in [-0.25, -0.2) is 0 Å². The number of rotatable bonds is 1. The van der Waals surface area contributed by atoms with Gasteiger partial charge in [-0.15, -0.1) is 0 Å². The van der Waals surface area contributed by atoms with Gasteiger partial charge in [-0.3, -0.25) is 4.79 Å². The zero-order chi connectivity index (χ0) is 10.0. The fourth-order valence-corrected chi connectivity index (χ4v) is 3.19. The highest BCUT2D eigenvalue weighted by molar-refractivity contribution is 14.1. The molecule has 0 aromatic rings. The number of alkyl halides is 2. The largest absolute Gasteiger partial charge is 0.335 e. The Labute approximate surface area is 106 Å². The molecular weight excluding hydrogens is 392 g/mol. The number of hydrogen-bond donors (Lipinski definition) is 0. The molecule has 1 amide bonds. The molecule has 4 heteroatoms. The van der Waals surface area contributed by atoms with Crippen LogP contribution >= 0.6 is 45.2 Å². The molecule has 0 saturated carbocycles. The first kappa shape index (κ1) is 11.7. The molecule has 3 atom stereocenters. The molecule has 0 spiro atoms. The number of carbonyl (C=O) groups excluding carboxylic acids is 1. The highest BCUT2D eigenvalue weighted by atomic mass is 127.